The molecule has 2 radical (unpaired) electrons. The monoisotopic (exact) mass is 120 g/mol. The highest BCUT2D eigenvalue weighted by molar-refractivity contribution is 5.03. The molecule has 1 aromatic heterocycles. The number of hydrogen-bond acceptors (Lipinski definition) is 1. The van der Waals surface area contributed by atoms with E-state index in [-0.39, 0.29) is 0 Å². The molecule has 1 aromatic rings. The topological polar surface area (TPSA) is 17.8 Å². The Hall–Kier alpha value is -0.790. The predicted molar refractivity (Wildman–Crippen MR) is 33.7 cm³/mol. The molecule has 0 amide bonds. The second-order valence-corrected chi connectivity index (χ2v) is 2.29. The molecule has 2 rings (SSSR count). The van der Waals surface area contributed by atoms with Crippen LogP contribution in [0.15, 0.2) is 6.33 Å². The van der Waals surface area contributed by atoms with E-state index in [1.165, 1.54) is 18.5 Å². The highest BCUT2D eigenvalue weighted by Gasteiger charge is 2.07. The highest BCUT2D eigenvalue weighted by Crippen LogP contribution is 2.13. The average molecular weight is 120 g/mol. The zero-order valence-corrected chi connectivity index (χ0v) is 5.17. The largest absolute Gasteiger partial charge is 0.329 e. The molecular weight excluding hydrogens is 112 g/mol. The van der Waals surface area contributed by atoms with Gasteiger partial charge in [0.2, 0.25) is 0 Å². The lowest BCUT2D eigenvalue weighted by Crippen LogP contribution is -2.05. The van der Waals surface area contributed by atoms with Crippen LogP contribution in [0.1, 0.15) is 18.5 Å². The van der Waals surface area contributed by atoms with Gasteiger partial charge in [-0.3, -0.25) is 0 Å². The van der Waals surface area contributed by atoms with Gasteiger partial charge in [0.1, 0.15) is 6.20 Å². The summed E-state index contributed by atoms with van der Waals surface area (Å²) in [6.45, 7) is 2.16. The molecule has 9 heavy (non-hydrogen) atoms. The highest BCUT2D eigenvalue weighted by atomic mass is 15.0. The van der Waals surface area contributed by atoms with E-state index < -0.39 is 0 Å². The number of aromatic nitrogens is 2. The third kappa shape index (κ3) is 0.745. The molecule has 1 aliphatic rings. The lowest BCUT2D eigenvalue weighted by Gasteiger charge is -2.11. The molecule has 0 N–H and O–H groups in total. The van der Waals surface area contributed by atoms with Gasteiger partial charge in [0.25, 0.3) is 0 Å². The fourth-order valence-corrected chi connectivity index (χ4v) is 1.14. The second kappa shape index (κ2) is 1.87. The van der Waals surface area contributed by atoms with Crippen LogP contribution in [0.25, 0.3) is 0 Å². The van der Waals surface area contributed by atoms with E-state index in [1.54, 1.807) is 0 Å². The molecule has 46 valence electrons. The molecule has 0 saturated heterocycles. The summed E-state index contributed by atoms with van der Waals surface area (Å²) < 4.78 is 2.06. The van der Waals surface area contributed by atoms with Gasteiger partial charge in [0.05, 0.1) is 12.9 Å². The maximum Gasteiger partial charge on any atom is 0.112 e. The molecule has 0 saturated carbocycles. The predicted octanol–water partition coefficient (Wildman–Crippen LogP) is 1.03. The summed E-state index contributed by atoms with van der Waals surface area (Å²) in [6, 6.07) is 0. The third-order valence-corrected chi connectivity index (χ3v) is 1.63. The minimum Gasteiger partial charge on any atom is -0.329 e. The van der Waals surface area contributed by atoms with Gasteiger partial charge in [-0.05, 0) is 19.3 Å². The van der Waals surface area contributed by atoms with Gasteiger partial charge in [-0.1, -0.05) is 0 Å². The Morgan fingerprint density at radius 3 is 3.56 bits per heavy atom. The fraction of sp³-hybridized carbons (Fsp3) is 0.429. The Morgan fingerprint density at radius 2 is 2.67 bits per heavy atom. The Morgan fingerprint density at radius 1 is 1.67 bits per heavy atom. The number of fused-ring (bicyclic) bond motifs is 1. The van der Waals surface area contributed by atoms with E-state index >= 15 is 0 Å². The van der Waals surface area contributed by atoms with Gasteiger partial charge >= 0.3 is 0 Å². The van der Waals surface area contributed by atoms with Crippen molar-refractivity contribution in [1.82, 2.24) is 9.55 Å². The summed E-state index contributed by atoms with van der Waals surface area (Å²) >= 11 is 0. The summed E-state index contributed by atoms with van der Waals surface area (Å²) in [5.74, 6) is 0. The normalized spacial score (nSPS) is 17.3. The average Bonchev–Trinajstić information content (AvgIpc) is 2.33. The molecule has 2 nitrogen and oxygen atoms in total. The van der Waals surface area contributed by atoms with Crippen molar-refractivity contribution in [2.75, 3.05) is 0 Å². The third-order valence-electron chi connectivity index (χ3n) is 1.63. The van der Waals surface area contributed by atoms with Crippen molar-refractivity contribution in [2.45, 2.75) is 19.3 Å². The Balaban J connectivity index is 2.39. The molecule has 0 fully saturated rings. The zero-order valence-electron chi connectivity index (χ0n) is 5.17. The van der Waals surface area contributed by atoms with Gasteiger partial charge < -0.3 is 4.57 Å². The van der Waals surface area contributed by atoms with Crippen molar-refractivity contribution < 1.29 is 0 Å². The molecule has 0 atom stereocenters. The van der Waals surface area contributed by atoms with Crippen LogP contribution in [0.3, 0.4) is 0 Å². The van der Waals surface area contributed by atoms with Gasteiger partial charge in [0.15, 0.2) is 0 Å². The second-order valence-electron chi connectivity index (χ2n) is 2.29. The van der Waals surface area contributed by atoms with Crippen LogP contribution in [0.4, 0.5) is 0 Å². The van der Waals surface area contributed by atoms with Crippen molar-refractivity contribution >= 4 is 0 Å². The number of hydrogen-bond donors (Lipinski definition) is 0. The van der Waals surface area contributed by atoms with E-state index in [0.29, 0.717) is 0 Å². The van der Waals surface area contributed by atoms with E-state index in [2.05, 4.69) is 22.3 Å². The van der Waals surface area contributed by atoms with Crippen LogP contribution in [0, 0.1) is 12.7 Å². The molecule has 0 bridgehead atoms. The van der Waals surface area contributed by atoms with Crippen LogP contribution in [-0.2, 0) is 6.42 Å². The van der Waals surface area contributed by atoms with Crippen molar-refractivity contribution in [3.8, 4) is 0 Å². The van der Waals surface area contributed by atoms with E-state index in [1.807, 2.05) is 6.33 Å². The lowest BCUT2D eigenvalue weighted by molar-refractivity contribution is 0.654. The number of rotatable bonds is 0. The molecule has 2 heterocycles. The van der Waals surface area contributed by atoms with Crippen LogP contribution in [-0.4, -0.2) is 9.55 Å². The lowest BCUT2D eigenvalue weighted by atomic mass is 10.1. The first-order valence-electron chi connectivity index (χ1n) is 3.23. The molecule has 0 aliphatic carbocycles. The molecule has 2 heteroatoms. The van der Waals surface area contributed by atoms with Crippen molar-refractivity contribution in [3.63, 3.8) is 0 Å². The van der Waals surface area contributed by atoms with Crippen molar-refractivity contribution in [3.05, 3.63) is 24.8 Å². The molecular formula is C7H8N2. The van der Waals surface area contributed by atoms with E-state index in [0.717, 1.165) is 6.42 Å². The molecule has 1 aliphatic heterocycles. The number of imidazole rings is 1. The quantitative estimate of drug-likeness (QED) is 0.500. The zero-order chi connectivity index (χ0) is 6.10. The van der Waals surface area contributed by atoms with Crippen molar-refractivity contribution in [1.29, 1.82) is 0 Å². The minimum atomic E-state index is 1.14. The summed E-state index contributed by atoms with van der Waals surface area (Å²) in [4.78, 5) is 3.91. The van der Waals surface area contributed by atoms with E-state index in [9.17, 15) is 0 Å². The summed E-state index contributed by atoms with van der Waals surface area (Å²) in [5.41, 5.74) is 1.22. The first-order chi connectivity index (χ1) is 4.47. The van der Waals surface area contributed by atoms with Crippen LogP contribution < -0.4 is 0 Å². The first-order valence-corrected chi connectivity index (χ1v) is 3.23. The first kappa shape index (κ1) is 5.03. The molecule has 0 aromatic carbocycles. The SMILES string of the molecule is [c]1ncn2c1CCC[CH]2. The Kier molecular flexibility index (Phi) is 1.04. The summed E-state index contributed by atoms with van der Waals surface area (Å²) in [5, 5.41) is 0. The Bertz CT molecular complexity index is 182. The Labute approximate surface area is 54.5 Å². The van der Waals surface area contributed by atoms with Crippen LogP contribution >= 0.6 is 0 Å². The molecule has 0 unspecified atom stereocenters. The minimum absolute atomic E-state index is 1.14. The number of nitrogens with zero attached hydrogens (tertiary/aromatic N) is 2. The van der Waals surface area contributed by atoms with E-state index in [4.69, 9.17) is 0 Å². The summed E-state index contributed by atoms with van der Waals surface area (Å²) in [6.07, 6.45) is 8.32. The maximum atomic E-state index is 3.91. The molecule has 0 spiro atoms. The van der Waals surface area contributed by atoms with Gasteiger partial charge in [-0.2, -0.15) is 0 Å². The number of aryl methyl sites for hydroxylation is 1. The van der Waals surface area contributed by atoms with Gasteiger partial charge in [-0.25, -0.2) is 4.98 Å². The maximum absolute atomic E-state index is 3.91. The van der Waals surface area contributed by atoms with Crippen molar-refractivity contribution in [2.24, 2.45) is 0 Å². The van der Waals surface area contributed by atoms with Crippen LogP contribution in [0.5, 0.6) is 0 Å². The van der Waals surface area contributed by atoms with Gasteiger partial charge in [-0.15, -0.1) is 0 Å². The fourth-order valence-electron chi connectivity index (χ4n) is 1.14. The smallest absolute Gasteiger partial charge is 0.112 e. The van der Waals surface area contributed by atoms with Crippen LogP contribution in [0.2, 0.25) is 0 Å². The van der Waals surface area contributed by atoms with Gasteiger partial charge in [0, 0.05) is 5.69 Å². The standard InChI is InChI=1S/C7H8N2/c1-2-4-9-6-8-5-7(9)3-1/h4,6H,1-3H2. The summed E-state index contributed by atoms with van der Waals surface area (Å²) in [7, 11) is 0.